The molecule has 2 aromatic carbocycles. The number of benzene rings is 2. The molecule has 1 atom stereocenters. The van der Waals surface area contributed by atoms with Gasteiger partial charge in [-0.3, -0.25) is 10.1 Å². The van der Waals surface area contributed by atoms with Gasteiger partial charge >= 0.3 is 0 Å². The minimum Gasteiger partial charge on any atom is -0.497 e. The van der Waals surface area contributed by atoms with Crippen molar-refractivity contribution < 1.29 is 19.3 Å². The van der Waals surface area contributed by atoms with Crippen molar-refractivity contribution in [2.45, 2.75) is 31.4 Å². The monoisotopic (exact) mass is 382 g/mol. The summed E-state index contributed by atoms with van der Waals surface area (Å²) in [6, 6.07) is 14.1. The van der Waals surface area contributed by atoms with Crippen LogP contribution in [0.4, 0.5) is 11.4 Å². The first-order valence-electron chi connectivity index (χ1n) is 9.55. The largest absolute Gasteiger partial charge is 0.497 e. The van der Waals surface area contributed by atoms with Gasteiger partial charge in [0, 0.05) is 24.1 Å². The Balaban J connectivity index is 1.75. The highest BCUT2D eigenvalue weighted by Gasteiger charge is 2.52. The number of nitrogens with zero attached hydrogens (tertiary/aromatic N) is 3. The zero-order valence-corrected chi connectivity index (χ0v) is 15.9. The van der Waals surface area contributed by atoms with Crippen molar-refractivity contribution in [3.63, 3.8) is 0 Å². The second-order valence-electron chi connectivity index (χ2n) is 7.28. The highest BCUT2D eigenvalue weighted by molar-refractivity contribution is 5.96. The van der Waals surface area contributed by atoms with Crippen molar-refractivity contribution in [3.05, 3.63) is 64.2 Å². The smallest absolute Gasteiger partial charge is 0.271 e. The number of nitro benzene ring substituents is 1. The van der Waals surface area contributed by atoms with Crippen molar-refractivity contribution in [3.8, 4) is 5.75 Å². The van der Waals surface area contributed by atoms with E-state index in [1.54, 1.807) is 19.2 Å². The second-order valence-corrected chi connectivity index (χ2v) is 7.28. The molecule has 2 aliphatic rings. The summed E-state index contributed by atoms with van der Waals surface area (Å²) < 4.78 is 7.33. The first-order valence-corrected chi connectivity index (χ1v) is 9.55. The van der Waals surface area contributed by atoms with Crippen LogP contribution in [-0.4, -0.2) is 40.6 Å². The Kier molecular flexibility index (Phi) is 4.77. The molecule has 0 radical (unpaired) electrons. The SMILES string of the molecule is COc1ccc(N2CC(O)(c3ccc([N+](=O)[O-])cc3)[N+]3=C2CCCCC3)cc1. The average Bonchev–Trinajstić information content (AvgIpc) is 2.87. The van der Waals surface area contributed by atoms with E-state index >= 15 is 0 Å². The van der Waals surface area contributed by atoms with E-state index < -0.39 is 10.6 Å². The van der Waals surface area contributed by atoms with Gasteiger partial charge < -0.3 is 9.84 Å². The summed E-state index contributed by atoms with van der Waals surface area (Å²) in [7, 11) is 1.64. The van der Waals surface area contributed by atoms with Crippen molar-refractivity contribution in [1.29, 1.82) is 0 Å². The Bertz CT molecular complexity index is 908. The number of nitro groups is 1. The van der Waals surface area contributed by atoms with Crippen molar-refractivity contribution >= 4 is 17.2 Å². The first-order chi connectivity index (χ1) is 13.5. The summed E-state index contributed by atoms with van der Waals surface area (Å²) in [4.78, 5) is 12.7. The molecule has 0 spiro atoms. The first kappa shape index (κ1) is 18.4. The molecule has 0 saturated carbocycles. The molecular formula is C21H24N3O4+. The van der Waals surface area contributed by atoms with Crippen LogP contribution in [0.3, 0.4) is 0 Å². The van der Waals surface area contributed by atoms with Gasteiger partial charge in [0.25, 0.3) is 17.2 Å². The molecule has 28 heavy (non-hydrogen) atoms. The lowest BCUT2D eigenvalue weighted by atomic mass is 10.0. The van der Waals surface area contributed by atoms with E-state index in [4.69, 9.17) is 4.74 Å². The van der Waals surface area contributed by atoms with Gasteiger partial charge in [-0.2, -0.15) is 0 Å². The number of hydrogen-bond acceptors (Lipinski definition) is 5. The van der Waals surface area contributed by atoms with E-state index in [1.807, 2.05) is 24.3 Å². The van der Waals surface area contributed by atoms with E-state index in [0.29, 0.717) is 12.1 Å². The summed E-state index contributed by atoms with van der Waals surface area (Å²) in [5, 5.41) is 22.7. The third-order valence-corrected chi connectivity index (χ3v) is 5.65. The quantitative estimate of drug-likeness (QED) is 0.499. The number of non-ortho nitro benzene ring substituents is 1. The van der Waals surface area contributed by atoms with Gasteiger partial charge in [0.2, 0.25) is 0 Å². The lowest BCUT2D eigenvalue weighted by molar-refractivity contribution is -0.658. The topological polar surface area (TPSA) is 78.9 Å². The van der Waals surface area contributed by atoms with E-state index in [0.717, 1.165) is 49.5 Å². The molecule has 0 aromatic heterocycles. The van der Waals surface area contributed by atoms with Crippen LogP contribution in [0.2, 0.25) is 0 Å². The van der Waals surface area contributed by atoms with Crippen LogP contribution < -0.4 is 9.64 Å². The van der Waals surface area contributed by atoms with Crippen LogP contribution in [0.1, 0.15) is 31.2 Å². The number of aliphatic hydroxyl groups is 1. The molecule has 0 bridgehead atoms. The Labute approximate surface area is 163 Å². The lowest BCUT2D eigenvalue weighted by Crippen LogP contribution is -2.41. The Morgan fingerprint density at radius 2 is 1.82 bits per heavy atom. The number of anilines is 1. The maximum atomic E-state index is 11.7. The zero-order chi connectivity index (χ0) is 19.7. The highest BCUT2D eigenvalue weighted by Crippen LogP contribution is 2.36. The maximum absolute atomic E-state index is 11.7. The molecule has 2 aliphatic heterocycles. The normalized spacial score (nSPS) is 22.0. The minimum absolute atomic E-state index is 0.0254. The average molecular weight is 382 g/mol. The standard InChI is InChI=1S/C21H24N3O4/c1-28-19-12-10-17(11-13-19)22-15-21(25,23-14-4-2-3-5-20(22)23)16-6-8-18(9-7-16)24(26)27/h6-13,25H,2-5,14-15H2,1H3/q+1. The van der Waals surface area contributed by atoms with Gasteiger partial charge in [-0.15, -0.1) is 0 Å². The Hall–Kier alpha value is -2.93. The molecule has 7 nitrogen and oxygen atoms in total. The molecule has 146 valence electrons. The highest BCUT2D eigenvalue weighted by atomic mass is 16.6. The molecule has 1 unspecified atom stereocenters. The lowest BCUT2D eigenvalue weighted by Gasteiger charge is -2.23. The van der Waals surface area contributed by atoms with Crippen molar-refractivity contribution in [2.75, 3.05) is 25.1 Å². The number of methoxy groups -OCH3 is 1. The molecule has 0 amide bonds. The molecule has 1 N–H and O–H groups in total. The Morgan fingerprint density at radius 3 is 2.46 bits per heavy atom. The predicted molar refractivity (Wildman–Crippen MR) is 106 cm³/mol. The van der Waals surface area contributed by atoms with Gasteiger partial charge in [-0.05, 0) is 55.7 Å². The summed E-state index contributed by atoms with van der Waals surface area (Å²) in [5.41, 5.74) is 0.487. The zero-order valence-electron chi connectivity index (χ0n) is 15.9. The van der Waals surface area contributed by atoms with Crippen LogP contribution >= 0.6 is 0 Å². The van der Waals surface area contributed by atoms with Gasteiger partial charge in [0.05, 0.1) is 18.6 Å². The summed E-state index contributed by atoms with van der Waals surface area (Å²) >= 11 is 0. The van der Waals surface area contributed by atoms with E-state index in [1.165, 1.54) is 12.1 Å². The summed E-state index contributed by atoms with van der Waals surface area (Å²) in [6.45, 7) is 1.14. The van der Waals surface area contributed by atoms with E-state index in [2.05, 4.69) is 9.48 Å². The fourth-order valence-electron chi connectivity index (χ4n) is 4.17. The van der Waals surface area contributed by atoms with Crippen LogP contribution in [0.25, 0.3) is 0 Å². The molecule has 0 fully saturated rings. The molecule has 0 aliphatic carbocycles. The van der Waals surface area contributed by atoms with Crippen LogP contribution in [0, 0.1) is 10.1 Å². The Morgan fingerprint density at radius 1 is 1.11 bits per heavy atom. The second kappa shape index (κ2) is 7.24. The third-order valence-electron chi connectivity index (χ3n) is 5.65. The molecule has 2 aromatic rings. The molecule has 7 heteroatoms. The summed E-state index contributed by atoms with van der Waals surface area (Å²) in [6.07, 6.45) is 4.10. The third kappa shape index (κ3) is 3.11. The van der Waals surface area contributed by atoms with Crippen LogP contribution in [0.15, 0.2) is 48.5 Å². The molecule has 0 saturated heterocycles. The van der Waals surface area contributed by atoms with Gasteiger partial charge in [-0.1, -0.05) is 0 Å². The maximum Gasteiger partial charge on any atom is 0.271 e. The van der Waals surface area contributed by atoms with Gasteiger partial charge in [-0.25, -0.2) is 9.48 Å². The van der Waals surface area contributed by atoms with E-state index in [-0.39, 0.29) is 5.69 Å². The number of rotatable bonds is 4. The predicted octanol–water partition coefficient (Wildman–Crippen LogP) is 3.25. The fourth-order valence-corrected chi connectivity index (χ4v) is 4.17. The number of ether oxygens (including phenoxy) is 1. The minimum atomic E-state index is -1.21. The van der Waals surface area contributed by atoms with Crippen molar-refractivity contribution in [1.82, 2.24) is 0 Å². The molecule has 2 heterocycles. The van der Waals surface area contributed by atoms with Crippen LogP contribution in [0.5, 0.6) is 5.75 Å². The van der Waals surface area contributed by atoms with Crippen molar-refractivity contribution in [2.24, 2.45) is 0 Å². The van der Waals surface area contributed by atoms with Crippen LogP contribution in [-0.2, 0) is 5.72 Å². The summed E-state index contributed by atoms with van der Waals surface area (Å²) in [5.74, 6) is 1.89. The number of amidine groups is 1. The fraction of sp³-hybridized carbons (Fsp3) is 0.381. The van der Waals surface area contributed by atoms with Gasteiger partial charge in [0.1, 0.15) is 11.4 Å². The number of β-amino-alcohol motifs (C(OH)–C–C–N with tert-alkyl or cyclic N) is 1. The molecule has 4 rings (SSSR count). The molecular weight excluding hydrogens is 358 g/mol. The number of hydrogen-bond donors (Lipinski definition) is 1. The van der Waals surface area contributed by atoms with E-state index in [9.17, 15) is 15.2 Å². The van der Waals surface area contributed by atoms with Gasteiger partial charge in [0.15, 0.2) is 6.54 Å².